The first-order valence-corrected chi connectivity index (χ1v) is 7.34. The lowest BCUT2D eigenvalue weighted by atomic mass is 10.0. The van der Waals surface area contributed by atoms with E-state index in [2.05, 4.69) is 31.4 Å². The highest BCUT2D eigenvalue weighted by Crippen LogP contribution is 2.16. The maximum absolute atomic E-state index is 5.71. The predicted molar refractivity (Wildman–Crippen MR) is 73.3 cm³/mol. The molecule has 1 aliphatic heterocycles. The average molecular weight is 245 g/mol. The van der Waals surface area contributed by atoms with Gasteiger partial charge in [-0.2, -0.15) is 12.6 Å². The Bertz CT molecular complexity index is 175. The van der Waals surface area contributed by atoms with Gasteiger partial charge in [-0.25, -0.2) is 0 Å². The van der Waals surface area contributed by atoms with Gasteiger partial charge in [0.05, 0.1) is 6.10 Å². The molecule has 0 N–H and O–H groups in total. The SMILES string of the molecule is CCOC1CCCN(CCC(C)CCS)C1. The van der Waals surface area contributed by atoms with Crippen LogP contribution in [-0.2, 0) is 4.74 Å². The molecule has 2 nitrogen and oxygen atoms in total. The van der Waals surface area contributed by atoms with Gasteiger partial charge < -0.3 is 9.64 Å². The van der Waals surface area contributed by atoms with Gasteiger partial charge in [-0.1, -0.05) is 6.92 Å². The first-order chi connectivity index (χ1) is 7.76. The fraction of sp³-hybridized carbons (Fsp3) is 1.00. The quantitative estimate of drug-likeness (QED) is 0.693. The lowest BCUT2D eigenvalue weighted by Gasteiger charge is -2.33. The van der Waals surface area contributed by atoms with Crippen molar-refractivity contribution >= 4 is 12.6 Å². The highest BCUT2D eigenvalue weighted by molar-refractivity contribution is 7.80. The Morgan fingerprint density at radius 3 is 2.94 bits per heavy atom. The summed E-state index contributed by atoms with van der Waals surface area (Å²) in [5, 5.41) is 0. The summed E-state index contributed by atoms with van der Waals surface area (Å²) in [6.07, 6.45) is 5.58. The number of ether oxygens (including phenoxy) is 1. The predicted octanol–water partition coefficient (Wildman–Crippen LogP) is 2.83. The fourth-order valence-electron chi connectivity index (χ4n) is 2.36. The van der Waals surface area contributed by atoms with Crippen molar-refractivity contribution in [1.29, 1.82) is 0 Å². The summed E-state index contributed by atoms with van der Waals surface area (Å²) in [7, 11) is 0. The molecule has 0 aromatic rings. The number of hydrogen-bond acceptors (Lipinski definition) is 3. The standard InChI is InChI=1S/C13H27NOS/c1-3-15-13-5-4-8-14(11-13)9-6-12(2)7-10-16/h12-13,16H,3-11H2,1-2H3. The maximum Gasteiger partial charge on any atom is 0.0702 e. The van der Waals surface area contributed by atoms with E-state index >= 15 is 0 Å². The van der Waals surface area contributed by atoms with Crippen molar-refractivity contribution in [3.05, 3.63) is 0 Å². The topological polar surface area (TPSA) is 12.5 Å². The Balaban J connectivity index is 2.16. The first kappa shape index (κ1) is 14.3. The Morgan fingerprint density at radius 2 is 2.25 bits per heavy atom. The van der Waals surface area contributed by atoms with Crippen LogP contribution in [0.25, 0.3) is 0 Å². The minimum absolute atomic E-state index is 0.485. The van der Waals surface area contributed by atoms with Gasteiger partial charge in [0.1, 0.15) is 0 Å². The van der Waals surface area contributed by atoms with Crippen LogP contribution in [-0.4, -0.2) is 43.0 Å². The van der Waals surface area contributed by atoms with Gasteiger partial charge >= 0.3 is 0 Å². The van der Waals surface area contributed by atoms with Gasteiger partial charge in [-0.15, -0.1) is 0 Å². The first-order valence-electron chi connectivity index (χ1n) is 6.71. The third-order valence-electron chi connectivity index (χ3n) is 3.42. The summed E-state index contributed by atoms with van der Waals surface area (Å²) in [6, 6.07) is 0. The van der Waals surface area contributed by atoms with Crippen LogP contribution in [0.4, 0.5) is 0 Å². The van der Waals surface area contributed by atoms with Crippen molar-refractivity contribution in [3.8, 4) is 0 Å². The molecule has 0 amide bonds. The molecular formula is C13H27NOS. The lowest BCUT2D eigenvalue weighted by molar-refractivity contribution is 0.00477. The van der Waals surface area contributed by atoms with Gasteiger partial charge in [-0.05, 0) is 57.4 Å². The molecule has 0 saturated carbocycles. The average Bonchev–Trinajstić information content (AvgIpc) is 2.28. The summed E-state index contributed by atoms with van der Waals surface area (Å²) in [6.45, 7) is 8.92. The second-order valence-electron chi connectivity index (χ2n) is 4.93. The summed E-state index contributed by atoms with van der Waals surface area (Å²) < 4.78 is 5.71. The van der Waals surface area contributed by atoms with Crippen LogP contribution in [0.1, 0.15) is 39.5 Å². The molecule has 16 heavy (non-hydrogen) atoms. The minimum Gasteiger partial charge on any atom is -0.377 e. The third-order valence-corrected chi connectivity index (χ3v) is 3.68. The molecule has 0 spiro atoms. The molecular weight excluding hydrogens is 218 g/mol. The van der Waals surface area contributed by atoms with Crippen LogP contribution in [0.2, 0.25) is 0 Å². The zero-order chi connectivity index (χ0) is 11.8. The summed E-state index contributed by atoms with van der Waals surface area (Å²) in [5.41, 5.74) is 0. The molecule has 0 aromatic heterocycles. The van der Waals surface area contributed by atoms with Crippen molar-refractivity contribution in [2.24, 2.45) is 5.92 Å². The smallest absolute Gasteiger partial charge is 0.0702 e. The normalized spacial score (nSPS) is 24.6. The molecule has 1 aliphatic rings. The van der Waals surface area contributed by atoms with Crippen molar-refractivity contribution in [2.45, 2.75) is 45.6 Å². The van der Waals surface area contributed by atoms with Crippen molar-refractivity contribution in [1.82, 2.24) is 4.90 Å². The molecule has 2 unspecified atom stereocenters. The molecule has 0 radical (unpaired) electrons. The zero-order valence-electron chi connectivity index (χ0n) is 10.8. The molecule has 2 atom stereocenters. The van der Waals surface area contributed by atoms with Gasteiger partial charge in [0.2, 0.25) is 0 Å². The van der Waals surface area contributed by atoms with Crippen molar-refractivity contribution in [2.75, 3.05) is 32.0 Å². The second-order valence-corrected chi connectivity index (χ2v) is 5.37. The Kier molecular flexibility index (Phi) is 7.50. The van der Waals surface area contributed by atoms with Crippen molar-refractivity contribution < 1.29 is 4.74 Å². The highest BCUT2D eigenvalue weighted by Gasteiger charge is 2.19. The van der Waals surface area contributed by atoms with Gasteiger partial charge in [0.25, 0.3) is 0 Å². The molecule has 1 heterocycles. The second kappa shape index (κ2) is 8.37. The molecule has 96 valence electrons. The zero-order valence-corrected chi connectivity index (χ0v) is 11.7. The van der Waals surface area contributed by atoms with Gasteiger partial charge in [-0.3, -0.25) is 0 Å². The Hall–Kier alpha value is 0.270. The Labute approximate surface area is 106 Å². The van der Waals surface area contributed by atoms with Crippen LogP contribution in [0.15, 0.2) is 0 Å². The highest BCUT2D eigenvalue weighted by atomic mass is 32.1. The molecule has 1 rings (SSSR count). The molecule has 1 saturated heterocycles. The maximum atomic E-state index is 5.71. The summed E-state index contributed by atoms with van der Waals surface area (Å²) in [4.78, 5) is 2.57. The van der Waals surface area contributed by atoms with Crippen LogP contribution >= 0.6 is 12.6 Å². The minimum atomic E-state index is 0.485. The molecule has 0 aliphatic carbocycles. The monoisotopic (exact) mass is 245 g/mol. The van der Waals surface area contributed by atoms with E-state index in [1.54, 1.807) is 0 Å². The van der Waals surface area contributed by atoms with Crippen LogP contribution in [0.5, 0.6) is 0 Å². The summed E-state index contributed by atoms with van der Waals surface area (Å²) in [5.74, 6) is 1.83. The van der Waals surface area contributed by atoms with E-state index in [1.165, 1.54) is 38.8 Å². The van der Waals surface area contributed by atoms with Gasteiger partial charge in [0.15, 0.2) is 0 Å². The van der Waals surface area contributed by atoms with Crippen LogP contribution < -0.4 is 0 Å². The van der Waals surface area contributed by atoms with E-state index in [9.17, 15) is 0 Å². The third kappa shape index (κ3) is 5.55. The number of nitrogens with zero attached hydrogens (tertiary/aromatic N) is 1. The number of hydrogen-bond donors (Lipinski definition) is 1. The number of rotatable bonds is 7. The lowest BCUT2D eigenvalue weighted by Crippen LogP contribution is -2.40. The fourth-order valence-corrected chi connectivity index (χ4v) is 2.80. The van der Waals surface area contributed by atoms with E-state index in [1.807, 2.05) is 0 Å². The van der Waals surface area contributed by atoms with Crippen molar-refractivity contribution in [3.63, 3.8) is 0 Å². The van der Waals surface area contributed by atoms with E-state index in [4.69, 9.17) is 4.74 Å². The largest absolute Gasteiger partial charge is 0.377 e. The summed E-state index contributed by atoms with van der Waals surface area (Å²) >= 11 is 4.29. The molecule has 0 bridgehead atoms. The number of piperidine rings is 1. The number of likely N-dealkylation sites (tertiary alicyclic amines) is 1. The van der Waals surface area contributed by atoms with E-state index in [0.717, 1.165) is 24.8 Å². The Morgan fingerprint density at radius 1 is 1.44 bits per heavy atom. The van der Waals surface area contributed by atoms with E-state index in [0.29, 0.717) is 6.10 Å². The van der Waals surface area contributed by atoms with Crippen LogP contribution in [0.3, 0.4) is 0 Å². The number of thiol groups is 1. The van der Waals surface area contributed by atoms with E-state index < -0.39 is 0 Å². The molecule has 1 fully saturated rings. The van der Waals surface area contributed by atoms with Crippen LogP contribution in [0, 0.1) is 5.92 Å². The molecule has 0 aromatic carbocycles. The van der Waals surface area contributed by atoms with E-state index in [-0.39, 0.29) is 0 Å². The van der Waals surface area contributed by atoms with Gasteiger partial charge in [0, 0.05) is 13.2 Å². The molecule has 3 heteroatoms.